The van der Waals surface area contributed by atoms with Crippen molar-refractivity contribution in [3.63, 3.8) is 0 Å². The van der Waals surface area contributed by atoms with Crippen LogP contribution in [0.2, 0.25) is 0 Å². The second-order valence-electron chi connectivity index (χ2n) is 4.47. The topological polar surface area (TPSA) is 72.9 Å². The molecule has 0 aliphatic rings. The van der Waals surface area contributed by atoms with Gasteiger partial charge in [-0.2, -0.15) is 5.10 Å². The molecule has 0 radical (unpaired) electrons. The minimum atomic E-state index is -0.0909. The molecule has 2 rings (SSSR count). The molecule has 0 bridgehead atoms. The smallest absolute Gasteiger partial charge is 0.251 e. The monoisotopic (exact) mass is 282 g/mol. The zero-order chi connectivity index (χ0) is 14.9. The Morgan fingerprint density at radius 2 is 2.29 bits per heavy atom. The van der Waals surface area contributed by atoms with Gasteiger partial charge in [0.1, 0.15) is 0 Å². The number of amides is 1. The molecule has 1 amide bonds. The molecule has 0 fully saturated rings. The van der Waals surface area contributed by atoms with E-state index >= 15 is 0 Å². The lowest BCUT2D eigenvalue weighted by Gasteiger charge is -2.06. The van der Waals surface area contributed by atoms with Gasteiger partial charge in [0, 0.05) is 36.6 Å². The van der Waals surface area contributed by atoms with Crippen molar-refractivity contribution in [3.05, 3.63) is 53.9 Å². The summed E-state index contributed by atoms with van der Waals surface area (Å²) in [5.41, 5.74) is 6.74. The van der Waals surface area contributed by atoms with Crippen molar-refractivity contribution >= 4 is 5.91 Å². The summed E-state index contributed by atoms with van der Waals surface area (Å²) in [5.74, 6) is 5.60. The van der Waals surface area contributed by atoms with Crippen LogP contribution >= 0.6 is 0 Å². The summed E-state index contributed by atoms with van der Waals surface area (Å²) < 4.78 is 1.84. The van der Waals surface area contributed by atoms with E-state index in [2.05, 4.69) is 22.3 Å². The number of carbonyl (C=O) groups excluding carboxylic acids is 1. The SMILES string of the molecule is NCC#Cc1cccc(C(=O)NCCCn2cccn2)c1. The van der Waals surface area contributed by atoms with Gasteiger partial charge in [0.05, 0.1) is 6.54 Å². The van der Waals surface area contributed by atoms with Crippen molar-refractivity contribution < 1.29 is 4.79 Å². The first-order valence-electron chi connectivity index (χ1n) is 6.84. The van der Waals surface area contributed by atoms with E-state index in [1.165, 1.54) is 0 Å². The fourth-order valence-corrected chi connectivity index (χ4v) is 1.87. The van der Waals surface area contributed by atoms with Gasteiger partial charge in [-0.05, 0) is 30.7 Å². The Morgan fingerprint density at radius 1 is 1.38 bits per heavy atom. The molecule has 1 heterocycles. The molecule has 0 saturated heterocycles. The van der Waals surface area contributed by atoms with Gasteiger partial charge >= 0.3 is 0 Å². The molecule has 3 N–H and O–H groups in total. The highest BCUT2D eigenvalue weighted by atomic mass is 16.1. The highest BCUT2D eigenvalue weighted by Gasteiger charge is 2.04. The quantitative estimate of drug-likeness (QED) is 0.635. The van der Waals surface area contributed by atoms with Gasteiger partial charge in [0.25, 0.3) is 5.91 Å². The van der Waals surface area contributed by atoms with Crippen LogP contribution in [0.15, 0.2) is 42.7 Å². The molecule has 21 heavy (non-hydrogen) atoms. The van der Waals surface area contributed by atoms with Crippen molar-refractivity contribution in [1.82, 2.24) is 15.1 Å². The number of aromatic nitrogens is 2. The van der Waals surface area contributed by atoms with Crippen LogP contribution < -0.4 is 11.1 Å². The number of hydrogen-bond acceptors (Lipinski definition) is 3. The van der Waals surface area contributed by atoms with Gasteiger partial charge in [-0.3, -0.25) is 9.48 Å². The Labute approximate surface area is 124 Å². The molecular weight excluding hydrogens is 264 g/mol. The average Bonchev–Trinajstić information content (AvgIpc) is 3.03. The van der Waals surface area contributed by atoms with Crippen molar-refractivity contribution in [2.24, 2.45) is 5.73 Å². The summed E-state index contributed by atoms with van der Waals surface area (Å²) in [6.45, 7) is 1.70. The lowest BCUT2D eigenvalue weighted by atomic mass is 10.1. The van der Waals surface area contributed by atoms with E-state index in [0.29, 0.717) is 18.7 Å². The van der Waals surface area contributed by atoms with Gasteiger partial charge in [0.2, 0.25) is 0 Å². The Balaban J connectivity index is 1.82. The van der Waals surface area contributed by atoms with Gasteiger partial charge in [-0.15, -0.1) is 0 Å². The largest absolute Gasteiger partial charge is 0.352 e. The van der Waals surface area contributed by atoms with Crippen molar-refractivity contribution in [3.8, 4) is 11.8 Å². The fraction of sp³-hybridized carbons (Fsp3) is 0.250. The van der Waals surface area contributed by atoms with E-state index in [9.17, 15) is 4.79 Å². The van der Waals surface area contributed by atoms with Crippen LogP contribution in [0.4, 0.5) is 0 Å². The molecule has 0 unspecified atom stereocenters. The van der Waals surface area contributed by atoms with Crippen LogP contribution in [0.5, 0.6) is 0 Å². The fourth-order valence-electron chi connectivity index (χ4n) is 1.87. The predicted molar refractivity (Wildman–Crippen MR) is 81.6 cm³/mol. The maximum Gasteiger partial charge on any atom is 0.251 e. The number of nitrogens with zero attached hydrogens (tertiary/aromatic N) is 2. The molecule has 5 heteroatoms. The maximum atomic E-state index is 12.0. The normalized spacial score (nSPS) is 9.76. The molecule has 108 valence electrons. The van der Waals surface area contributed by atoms with E-state index in [0.717, 1.165) is 18.5 Å². The molecule has 1 aromatic heterocycles. The maximum absolute atomic E-state index is 12.0. The average molecular weight is 282 g/mol. The molecule has 0 aliphatic heterocycles. The van der Waals surface area contributed by atoms with E-state index < -0.39 is 0 Å². The van der Waals surface area contributed by atoms with E-state index in [4.69, 9.17) is 5.73 Å². The third kappa shape index (κ3) is 4.79. The second kappa shape index (κ2) is 7.88. The summed E-state index contributed by atoms with van der Waals surface area (Å²) >= 11 is 0. The van der Waals surface area contributed by atoms with Crippen LogP contribution in [0.25, 0.3) is 0 Å². The number of nitrogens with two attached hydrogens (primary N) is 1. The van der Waals surface area contributed by atoms with Crippen molar-refractivity contribution in [1.29, 1.82) is 0 Å². The summed E-state index contributed by atoms with van der Waals surface area (Å²) in [5, 5.41) is 7.00. The van der Waals surface area contributed by atoms with Crippen molar-refractivity contribution in [2.75, 3.05) is 13.1 Å². The third-order valence-electron chi connectivity index (χ3n) is 2.87. The van der Waals surface area contributed by atoms with Gasteiger partial charge < -0.3 is 11.1 Å². The minimum absolute atomic E-state index is 0.0909. The van der Waals surface area contributed by atoms with Gasteiger partial charge in [0.15, 0.2) is 0 Å². The Morgan fingerprint density at radius 3 is 3.05 bits per heavy atom. The second-order valence-corrected chi connectivity index (χ2v) is 4.47. The summed E-state index contributed by atoms with van der Waals surface area (Å²) in [6.07, 6.45) is 4.48. The van der Waals surface area contributed by atoms with Gasteiger partial charge in [-0.1, -0.05) is 17.9 Å². The first-order chi connectivity index (χ1) is 10.3. The molecule has 0 atom stereocenters. The molecule has 0 saturated carbocycles. The number of benzene rings is 1. The first kappa shape index (κ1) is 14.8. The van der Waals surface area contributed by atoms with Crippen LogP contribution in [0, 0.1) is 11.8 Å². The van der Waals surface area contributed by atoms with Crippen LogP contribution in [-0.4, -0.2) is 28.8 Å². The number of aryl methyl sites for hydroxylation is 1. The molecular formula is C16H18N4O. The van der Waals surface area contributed by atoms with E-state index in [1.807, 2.05) is 29.1 Å². The lowest BCUT2D eigenvalue weighted by molar-refractivity contribution is 0.0952. The molecule has 2 aromatic rings. The zero-order valence-electron chi connectivity index (χ0n) is 11.7. The standard InChI is InChI=1S/C16H18N4O/c17-8-2-6-14-5-1-7-15(13-14)16(21)18-9-3-11-20-12-4-10-19-20/h1,4-5,7,10,12-13H,3,8-9,11,17H2,(H,18,21). The molecule has 5 nitrogen and oxygen atoms in total. The van der Waals surface area contributed by atoms with E-state index in [1.54, 1.807) is 18.3 Å². The third-order valence-corrected chi connectivity index (χ3v) is 2.87. The Bertz CT molecular complexity index is 638. The van der Waals surface area contributed by atoms with E-state index in [-0.39, 0.29) is 5.91 Å². The Hall–Kier alpha value is -2.58. The highest BCUT2D eigenvalue weighted by Crippen LogP contribution is 2.04. The van der Waals surface area contributed by atoms with Crippen LogP contribution in [0.3, 0.4) is 0 Å². The number of carbonyl (C=O) groups is 1. The highest BCUT2D eigenvalue weighted by molar-refractivity contribution is 5.94. The number of nitrogens with one attached hydrogen (secondary N) is 1. The number of rotatable bonds is 5. The molecule has 0 spiro atoms. The lowest BCUT2D eigenvalue weighted by Crippen LogP contribution is -2.25. The summed E-state index contributed by atoms with van der Waals surface area (Å²) in [4.78, 5) is 12.0. The van der Waals surface area contributed by atoms with Crippen LogP contribution in [0.1, 0.15) is 22.3 Å². The molecule has 0 aliphatic carbocycles. The first-order valence-corrected chi connectivity index (χ1v) is 6.84. The van der Waals surface area contributed by atoms with Crippen LogP contribution in [-0.2, 0) is 6.54 Å². The Kier molecular flexibility index (Phi) is 5.56. The predicted octanol–water partition coefficient (Wildman–Crippen LogP) is 1.01. The summed E-state index contributed by atoms with van der Waals surface area (Å²) in [6, 6.07) is 9.10. The minimum Gasteiger partial charge on any atom is -0.352 e. The molecule has 1 aromatic carbocycles. The summed E-state index contributed by atoms with van der Waals surface area (Å²) in [7, 11) is 0. The number of hydrogen-bond donors (Lipinski definition) is 2. The van der Waals surface area contributed by atoms with Crippen molar-refractivity contribution in [2.45, 2.75) is 13.0 Å². The zero-order valence-corrected chi connectivity index (χ0v) is 11.7. The van der Waals surface area contributed by atoms with Gasteiger partial charge in [-0.25, -0.2) is 0 Å².